The molecular formula is C9H3NO5. The molecule has 0 aliphatic rings. The van der Waals surface area contributed by atoms with Crippen molar-refractivity contribution in [1.82, 2.24) is 0 Å². The van der Waals surface area contributed by atoms with Gasteiger partial charge in [-0.15, -0.1) is 0 Å². The van der Waals surface area contributed by atoms with Crippen molar-refractivity contribution >= 4 is 16.5 Å². The third-order valence-corrected chi connectivity index (χ3v) is 2.12. The Balaban J connectivity index is 3.02. The Bertz CT molecular complexity index is 708. The molecule has 6 nitrogen and oxygen atoms in total. The van der Waals surface area contributed by atoms with Crippen molar-refractivity contribution in [3.05, 3.63) is 59.0 Å². The molecular weight excluding hydrogens is 202 g/mol. The quantitative estimate of drug-likeness (QED) is 0.362. The van der Waals surface area contributed by atoms with E-state index in [-0.39, 0.29) is 16.5 Å². The number of hydrogen-bond donors (Lipinski definition) is 0. The average molecular weight is 205 g/mol. The standard InChI is InChI=1S/C9H3NO5/c11-7-5-2-1-4(10(14)15)3-6(5)8(12)9(7)13/h1-3H. The van der Waals surface area contributed by atoms with Crippen molar-refractivity contribution < 1.29 is 4.92 Å². The molecule has 0 fully saturated rings. The summed E-state index contributed by atoms with van der Waals surface area (Å²) in [5.41, 5.74) is -3.32. The molecule has 0 N–H and O–H groups in total. The molecule has 0 aliphatic carbocycles. The van der Waals surface area contributed by atoms with Gasteiger partial charge in [-0.05, 0) is 6.07 Å². The van der Waals surface area contributed by atoms with E-state index >= 15 is 0 Å². The van der Waals surface area contributed by atoms with Crippen LogP contribution in [0.4, 0.5) is 5.69 Å². The van der Waals surface area contributed by atoms with E-state index < -0.39 is 21.2 Å². The number of benzene rings is 1. The highest BCUT2D eigenvalue weighted by molar-refractivity contribution is 5.85. The topological polar surface area (TPSA) is 94.3 Å². The van der Waals surface area contributed by atoms with Gasteiger partial charge >= 0.3 is 0 Å². The highest BCUT2D eigenvalue weighted by Gasteiger charge is 2.15. The minimum atomic E-state index is -1.13. The van der Waals surface area contributed by atoms with Crippen LogP contribution in [-0.2, 0) is 0 Å². The molecule has 0 spiro atoms. The summed E-state index contributed by atoms with van der Waals surface area (Å²) in [4.78, 5) is 43.0. The van der Waals surface area contributed by atoms with Gasteiger partial charge in [0.2, 0.25) is 10.9 Å². The maximum absolute atomic E-state index is 11.2. The Kier molecular flexibility index (Phi) is 1.72. The number of hydrogen-bond acceptors (Lipinski definition) is 5. The largest absolute Gasteiger partial charge is 0.285 e. The van der Waals surface area contributed by atoms with E-state index in [4.69, 9.17) is 0 Å². The Morgan fingerprint density at radius 3 is 2.13 bits per heavy atom. The highest BCUT2D eigenvalue weighted by Crippen LogP contribution is 2.14. The molecule has 6 heteroatoms. The Hall–Kier alpha value is -2.37. The van der Waals surface area contributed by atoms with Crippen LogP contribution in [-0.4, -0.2) is 4.92 Å². The fourth-order valence-corrected chi connectivity index (χ4v) is 1.38. The van der Waals surface area contributed by atoms with Gasteiger partial charge in [0.05, 0.1) is 4.92 Å². The second-order valence-corrected chi connectivity index (χ2v) is 2.97. The number of non-ortho nitro benzene ring substituents is 1. The third kappa shape index (κ3) is 1.15. The number of rotatable bonds is 1. The van der Waals surface area contributed by atoms with E-state index in [1.165, 1.54) is 0 Å². The summed E-state index contributed by atoms with van der Waals surface area (Å²) in [5, 5.41) is 10.2. The molecule has 0 radical (unpaired) electrons. The van der Waals surface area contributed by atoms with Crippen LogP contribution in [0.5, 0.6) is 0 Å². The van der Waals surface area contributed by atoms with Gasteiger partial charge in [0.25, 0.3) is 11.1 Å². The van der Waals surface area contributed by atoms with Crippen LogP contribution in [0.1, 0.15) is 0 Å². The molecule has 0 aromatic heterocycles. The summed E-state index contributed by atoms with van der Waals surface area (Å²) in [6, 6.07) is 3.15. The van der Waals surface area contributed by atoms with Crippen LogP contribution in [0.3, 0.4) is 0 Å². The van der Waals surface area contributed by atoms with Gasteiger partial charge in [-0.1, -0.05) is 0 Å². The highest BCUT2D eigenvalue weighted by atomic mass is 16.6. The number of nitro groups is 1. The van der Waals surface area contributed by atoms with Crippen molar-refractivity contribution in [3.8, 4) is 0 Å². The minimum absolute atomic E-state index is 0.0596. The van der Waals surface area contributed by atoms with Crippen molar-refractivity contribution in [2.75, 3.05) is 0 Å². The molecule has 2 aromatic rings. The lowest BCUT2D eigenvalue weighted by Crippen LogP contribution is -2.29. The summed E-state index contributed by atoms with van der Waals surface area (Å²) >= 11 is 0. The molecule has 0 aliphatic heterocycles. The lowest BCUT2D eigenvalue weighted by Gasteiger charge is -1.89. The van der Waals surface area contributed by atoms with Crippen LogP contribution in [0.2, 0.25) is 0 Å². The monoisotopic (exact) mass is 205 g/mol. The van der Waals surface area contributed by atoms with E-state index in [1.54, 1.807) is 0 Å². The first-order valence-electron chi connectivity index (χ1n) is 3.94. The predicted octanol–water partition coefficient (Wildman–Crippen LogP) is -0.296. The molecule has 0 bridgehead atoms. The van der Waals surface area contributed by atoms with E-state index in [2.05, 4.69) is 0 Å². The summed E-state index contributed by atoms with van der Waals surface area (Å²) < 4.78 is 0. The fraction of sp³-hybridized carbons (Fsp3) is 0. The summed E-state index contributed by atoms with van der Waals surface area (Å²) in [6.45, 7) is 0. The molecule has 2 aromatic carbocycles. The van der Waals surface area contributed by atoms with Crippen molar-refractivity contribution in [2.45, 2.75) is 0 Å². The van der Waals surface area contributed by atoms with Gasteiger partial charge in [-0.25, -0.2) is 0 Å². The van der Waals surface area contributed by atoms with Crippen molar-refractivity contribution in [3.63, 3.8) is 0 Å². The zero-order valence-electron chi connectivity index (χ0n) is 7.22. The van der Waals surface area contributed by atoms with Crippen LogP contribution in [0, 0.1) is 10.1 Å². The van der Waals surface area contributed by atoms with E-state index in [1.807, 2.05) is 0 Å². The number of nitrogens with zero attached hydrogens (tertiary/aromatic N) is 1. The van der Waals surface area contributed by atoms with Gasteiger partial charge in [0.15, 0.2) is 0 Å². The molecule has 0 atom stereocenters. The van der Waals surface area contributed by atoms with Gasteiger partial charge in [-0.3, -0.25) is 24.5 Å². The molecule has 0 saturated heterocycles. The molecule has 0 heterocycles. The number of nitro benzene ring substituents is 1. The van der Waals surface area contributed by atoms with Gasteiger partial charge in [0.1, 0.15) is 0 Å². The summed E-state index contributed by atoms with van der Waals surface area (Å²) in [6.07, 6.45) is 0. The maximum Gasteiger partial charge on any atom is 0.273 e. The second-order valence-electron chi connectivity index (χ2n) is 2.97. The Morgan fingerprint density at radius 2 is 1.53 bits per heavy atom. The first-order valence-corrected chi connectivity index (χ1v) is 3.94. The minimum Gasteiger partial charge on any atom is -0.285 e. The van der Waals surface area contributed by atoms with Crippen molar-refractivity contribution in [2.24, 2.45) is 0 Å². The van der Waals surface area contributed by atoms with Crippen LogP contribution >= 0.6 is 0 Å². The lowest BCUT2D eigenvalue weighted by molar-refractivity contribution is -0.384. The lowest BCUT2D eigenvalue weighted by atomic mass is 10.2. The van der Waals surface area contributed by atoms with Crippen LogP contribution in [0.25, 0.3) is 10.8 Å². The van der Waals surface area contributed by atoms with Gasteiger partial charge in [-0.2, -0.15) is 0 Å². The van der Waals surface area contributed by atoms with Gasteiger partial charge < -0.3 is 0 Å². The Labute approximate surface area is 81.2 Å². The average Bonchev–Trinajstić information content (AvgIpc) is 2.44. The Morgan fingerprint density at radius 1 is 0.933 bits per heavy atom. The normalized spacial score (nSPS) is 10.7. The third-order valence-electron chi connectivity index (χ3n) is 2.12. The molecule has 2 rings (SSSR count). The number of fused-ring (bicyclic) bond motifs is 1. The molecule has 74 valence electrons. The first kappa shape index (κ1) is 9.20. The second kappa shape index (κ2) is 2.81. The summed E-state index contributed by atoms with van der Waals surface area (Å²) in [5.74, 6) is 0. The van der Waals surface area contributed by atoms with Crippen LogP contribution in [0.15, 0.2) is 32.6 Å². The molecule has 0 saturated carbocycles. The maximum atomic E-state index is 11.2. The summed E-state index contributed by atoms with van der Waals surface area (Å²) in [7, 11) is 0. The van der Waals surface area contributed by atoms with Gasteiger partial charge in [0, 0.05) is 22.9 Å². The van der Waals surface area contributed by atoms with E-state index in [0.29, 0.717) is 0 Å². The molecule has 15 heavy (non-hydrogen) atoms. The predicted molar refractivity (Wildman–Crippen MR) is 51.8 cm³/mol. The smallest absolute Gasteiger partial charge is 0.273 e. The van der Waals surface area contributed by atoms with E-state index in [9.17, 15) is 24.5 Å². The van der Waals surface area contributed by atoms with Crippen LogP contribution < -0.4 is 16.3 Å². The molecule has 0 amide bonds. The van der Waals surface area contributed by atoms with Crippen molar-refractivity contribution in [1.29, 1.82) is 0 Å². The first-order chi connectivity index (χ1) is 7.02. The molecule has 0 unspecified atom stereocenters. The zero-order chi connectivity index (χ0) is 11.2. The SMILES string of the molecule is O=c1c(=O)c2ccc([N+](=O)[O-])cc2c1=O. The zero-order valence-corrected chi connectivity index (χ0v) is 7.22. The fourth-order valence-electron chi connectivity index (χ4n) is 1.38. The van der Waals surface area contributed by atoms with E-state index in [0.717, 1.165) is 18.2 Å².